The lowest BCUT2D eigenvalue weighted by Crippen LogP contribution is -2.12. The molecule has 1 aromatic heterocycles. The fourth-order valence-corrected chi connectivity index (χ4v) is 1.60. The van der Waals surface area contributed by atoms with Crippen molar-refractivity contribution < 1.29 is 0 Å². The Labute approximate surface area is 99.8 Å². The molecule has 1 unspecified atom stereocenters. The number of rotatable bonds is 4. The number of halogens is 1. The summed E-state index contributed by atoms with van der Waals surface area (Å²) in [4.78, 5) is 0. The highest BCUT2D eigenvalue weighted by atomic mass is 35.5. The van der Waals surface area contributed by atoms with Crippen molar-refractivity contribution in [1.29, 1.82) is 0 Å². The first-order valence-corrected chi connectivity index (χ1v) is 5.85. The van der Waals surface area contributed by atoms with Crippen molar-refractivity contribution in [2.75, 3.05) is 17.7 Å². The van der Waals surface area contributed by atoms with Crippen molar-refractivity contribution in [1.82, 2.24) is 10.2 Å². The number of fused-ring (bicyclic) bond motifs is 1. The smallest absolute Gasteiger partial charge is 0.0950 e. The lowest BCUT2D eigenvalue weighted by atomic mass is 10.2. The zero-order chi connectivity index (χ0) is 11.4. The molecular formula is C12H14ClN3. The van der Waals surface area contributed by atoms with E-state index in [4.69, 9.17) is 11.6 Å². The van der Waals surface area contributed by atoms with Gasteiger partial charge in [-0.05, 0) is 12.0 Å². The van der Waals surface area contributed by atoms with Gasteiger partial charge in [-0.1, -0.05) is 25.1 Å². The van der Waals surface area contributed by atoms with Crippen LogP contribution in [0.15, 0.2) is 30.5 Å². The third-order valence-electron chi connectivity index (χ3n) is 2.45. The summed E-state index contributed by atoms with van der Waals surface area (Å²) in [6, 6.07) is 7.96. The van der Waals surface area contributed by atoms with Crippen molar-refractivity contribution >= 4 is 28.2 Å². The highest BCUT2D eigenvalue weighted by Gasteiger charge is 2.03. The fourth-order valence-electron chi connectivity index (χ4n) is 1.49. The summed E-state index contributed by atoms with van der Waals surface area (Å²) in [6.45, 7) is 2.95. The van der Waals surface area contributed by atoms with Gasteiger partial charge in [-0.3, -0.25) is 0 Å². The Morgan fingerprint density at radius 3 is 3.00 bits per heavy atom. The average molecular weight is 236 g/mol. The first-order chi connectivity index (χ1) is 7.81. The Hall–Kier alpha value is -1.35. The fraction of sp³-hybridized carbons (Fsp3) is 0.333. The second kappa shape index (κ2) is 5.12. The molecule has 2 rings (SSSR count). The van der Waals surface area contributed by atoms with Gasteiger partial charge in [-0.25, -0.2) is 0 Å². The molecular weight excluding hydrogens is 222 g/mol. The van der Waals surface area contributed by atoms with Crippen molar-refractivity contribution in [3.05, 3.63) is 30.5 Å². The van der Waals surface area contributed by atoms with E-state index in [-0.39, 0.29) is 0 Å². The van der Waals surface area contributed by atoms with Crippen LogP contribution in [0.25, 0.3) is 10.9 Å². The Bertz CT molecular complexity index is 467. The number of nitrogens with zero attached hydrogens (tertiary/aromatic N) is 2. The average Bonchev–Trinajstić information content (AvgIpc) is 2.35. The molecule has 0 spiro atoms. The predicted molar refractivity (Wildman–Crippen MR) is 67.9 cm³/mol. The largest absolute Gasteiger partial charge is 0.383 e. The molecule has 0 radical (unpaired) electrons. The molecule has 84 valence electrons. The summed E-state index contributed by atoms with van der Waals surface area (Å²) in [6.07, 6.45) is 1.75. The molecule has 4 heteroatoms. The molecule has 1 heterocycles. The van der Waals surface area contributed by atoms with Gasteiger partial charge in [0.1, 0.15) is 0 Å². The Kier molecular flexibility index (Phi) is 3.57. The summed E-state index contributed by atoms with van der Waals surface area (Å²) < 4.78 is 0. The number of nitrogens with one attached hydrogen (secondary N) is 1. The van der Waals surface area contributed by atoms with E-state index in [0.717, 1.165) is 23.1 Å². The minimum Gasteiger partial charge on any atom is -0.383 e. The van der Waals surface area contributed by atoms with Gasteiger partial charge in [-0.2, -0.15) is 10.2 Å². The summed E-state index contributed by atoms with van der Waals surface area (Å²) in [5, 5.41) is 12.5. The van der Waals surface area contributed by atoms with E-state index in [2.05, 4.69) is 22.4 Å². The summed E-state index contributed by atoms with van der Waals surface area (Å²) >= 11 is 5.77. The van der Waals surface area contributed by atoms with Crippen LogP contribution in [-0.4, -0.2) is 22.6 Å². The molecule has 0 aliphatic carbocycles. The highest BCUT2D eigenvalue weighted by molar-refractivity contribution is 6.18. The zero-order valence-electron chi connectivity index (χ0n) is 9.15. The van der Waals surface area contributed by atoms with Gasteiger partial charge in [-0.15, -0.1) is 11.6 Å². The van der Waals surface area contributed by atoms with Gasteiger partial charge in [0.25, 0.3) is 0 Å². The maximum Gasteiger partial charge on any atom is 0.0950 e. The molecule has 0 aliphatic heterocycles. The van der Waals surface area contributed by atoms with E-state index < -0.39 is 0 Å². The molecule has 0 amide bonds. The van der Waals surface area contributed by atoms with Gasteiger partial charge >= 0.3 is 0 Å². The lowest BCUT2D eigenvalue weighted by molar-refractivity contribution is 0.696. The van der Waals surface area contributed by atoms with E-state index in [1.54, 1.807) is 6.20 Å². The van der Waals surface area contributed by atoms with Crippen LogP contribution in [0.3, 0.4) is 0 Å². The standard InChI is InChI=1S/C12H14ClN3/c1-9(6-13)7-14-12-8-15-16-11-5-3-2-4-10(11)12/h2-5,8-9H,6-7H2,1H3,(H,14,16). The summed E-state index contributed by atoms with van der Waals surface area (Å²) in [5.74, 6) is 1.09. The third-order valence-corrected chi connectivity index (χ3v) is 2.98. The topological polar surface area (TPSA) is 37.8 Å². The molecule has 2 aromatic rings. The van der Waals surface area contributed by atoms with Crippen LogP contribution in [0.5, 0.6) is 0 Å². The van der Waals surface area contributed by atoms with Gasteiger partial charge in [0, 0.05) is 17.8 Å². The maximum absolute atomic E-state index is 5.77. The number of hydrogen-bond acceptors (Lipinski definition) is 3. The molecule has 0 saturated heterocycles. The maximum atomic E-state index is 5.77. The van der Waals surface area contributed by atoms with E-state index in [0.29, 0.717) is 11.8 Å². The van der Waals surface area contributed by atoms with Crippen LogP contribution in [0.4, 0.5) is 5.69 Å². The van der Waals surface area contributed by atoms with E-state index in [1.165, 1.54) is 0 Å². The lowest BCUT2D eigenvalue weighted by Gasteiger charge is -2.11. The van der Waals surface area contributed by atoms with Gasteiger partial charge in [0.15, 0.2) is 0 Å². The number of benzene rings is 1. The number of hydrogen-bond donors (Lipinski definition) is 1. The minimum atomic E-state index is 0.439. The molecule has 1 atom stereocenters. The minimum absolute atomic E-state index is 0.439. The van der Waals surface area contributed by atoms with Crippen LogP contribution < -0.4 is 5.32 Å². The second-order valence-electron chi connectivity index (χ2n) is 3.92. The van der Waals surface area contributed by atoms with Crippen molar-refractivity contribution in [3.8, 4) is 0 Å². The summed E-state index contributed by atoms with van der Waals surface area (Å²) in [7, 11) is 0. The van der Waals surface area contributed by atoms with Crippen molar-refractivity contribution in [3.63, 3.8) is 0 Å². The normalized spacial score (nSPS) is 12.6. The van der Waals surface area contributed by atoms with Crippen molar-refractivity contribution in [2.45, 2.75) is 6.92 Å². The molecule has 16 heavy (non-hydrogen) atoms. The molecule has 1 aromatic carbocycles. The quantitative estimate of drug-likeness (QED) is 0.829. The van der Waals surface area contributed by atoms with Gasteiger partial charge < -0.3 is 5.32 Å². The monoisotopic (exact) mass is 235 g/mol. The Balaban J connectivity index is 2.23. The molecule has 3 nitrogen and oxygen atoms in total. The van der Waals surface area contributed by atoms with E-state index >= 15 is 0 Å². The van der Waals surface area contributed by atoms with Crippen LogP contribution in [0.1, 0.15) is 6.92 Å². The van der Waals surface area contributed by atoms with Crippen LogP contribution in [0.2, 0.25) is 0 Å². The third kappa shape index (κ3) is 2.42. The van der Waals surface area contributed by atoms with E-state index in [1.807, 2.05) is 24.3 Å². The number of alkyl halides is 1. The number of aromatic nitrogens is 2. The van der Waals surface area contributed by atoms with E-state index in [9.17, 15) is 0 Å². The van der Waals surface area contributed by atoms with Crippen LogP contribution in [-0.2, 0) is 0 Å². The molecule has 0 bridgehead atoms. The first kappa shape index (κ1) is 11.1. The van der Waals surface area contributed by atoms with Crippen molar-refractivity contribution in [2.24, 2.45) is 5.92 Å². The Morgan fingerprint density at radius 2 is 2.19 bits per heavy atom. The Morgan fingerprint density at radius 1 is 1.38 bits per heavy atom. The second-order valence-corrected chi connectivity index (χ2v) is 4.22. The molecule has 0 saturated carbocycles. The number of anilines is 1. The molecule has 0 fully saturated rings. The molecule has 0 aliphatic rings. The summed E-state index contributed by atoms with van der Waals surface area (Å²) in [5.41, 5.74) is 1.92. The van der Waals surface area contributed by atoms with Crippen LogP contribution in [0, 0.1) is 5.92 Å². The van der Waals surface area contributed by atoms with Gasteiger partial charge in [0.05, 0.1) is 17.4 Å². The SMILES string of the molecule is CC(CCl)CNc1cnnc2ccccc12. The predicted octanol–water partition coefficient (Wildman–Crippen LogP) is 2.92. The first-order valence-electron chi connectivity index (χ1n) is 5.31. The highest BCUT2D eigenvalue weighted by Crippen LogP contribution is 2.19. The zero-order valence-corrected chi connectivity index (χ0v) is 9.91. The molecule has 1 N–H and O–H groups in total. The van der Waals surface area contributed by atoms with Crippen LogP contribution >= 0.6 is 11.6 Å². The van der Waals surface area contributed by atoms with Gasteiger partial charge in [0.2, 0.25) is 0 Å².